The fourth-order valence-corrected chi connectivity index (χ4v) is 3.39. The Labute approximate surface area is 155 Å². The molecule has 1 N–H and O–H groups in total. The molecule has 0 bridgehead atoms. The van der Waals surface area contributed by atoms with E-state index >= 15 is 0 Å². The number of fused-ring (bicyclic) bond motifs is 5. The van der Waals surface area contributed by atoms with Crippen LogP contribution < -0.4 is 5.32 Å². The van der Waals surface area contributed by atoms with Gasteiger partial charge in [-0.15, -0.1) is 0 Å². The molecule has 6 heteroatoms. The van der Waals surface area contributed by atoms with E-state index in [1.54, 1.807) is 29.4 Å². The maximum Gasteiger partial charge on any atom is 0.142 e. The van der Waals surface area contributed by atoms with Gasteiger partial charge < -0.3 is 5.32 Å². The topological polar surface area (TPSA) is 68.0 Å². The van der Waals surface area contributed by atoms with Gasteiger partial charge in [-0.2, -0.15) is 5.10 Å². The van der Waals surface area contributed by atoms with Crippen molar-refractivity contribution >= 4 is 38.8 Å². The maximum absolute atomic E-state index is 4.85. The summed E-state index contributed by atoms with van der Waals surface area (Å²) in [5.41, 5.74) is 4.95. The largest absolute Gasteiger partial charge is 0.340 e. The van der Waals surface area contributed by atoms with Gasteiger partial charge in [0.25, 0.3) is 0 Å². The van der Waals surface area contributed by atoms with E-state index in [9.17, 15) is 0 Å². The molecule has 4 aromatic heterocycles. The van der Waals surface area contributed by atoms with Crippen molar-refractivity contribution in [1.82, 2.24) is 24.6 Å². The Kier molecular flexibility index (Phi) is 3.50. The quantitative estimate of drug-likeness (QED) is 0.509. The van der Waals surface area contributed by atoms with Crippen LogP contribution in [0, 0.1) is 0 Å². The van der Waals surface area contributed by atoms with Gasteiger partial charge >= 0.3 is 0 Å². The zero-order chi connectivity index (χ0) is 18.4. The van der Waals surface area contributed by atoms with Gasteiger partial charge in [-0.1, -0.05) is 26.0 Å². The van der Waals surface area contributed by atoms with Crippen LogP contribution in [-0.4, -0.2) is 24.6 Å². The van der Waals surface area contributed by atoms with E-state index in [4.69, 9.17) is 10.1 Å². The molecule has 0 unspecified atom stereocenters. The normalized spacial score (nSPS) is 11.7. The van der Waals surface area contributed by atoms with Gasteiger partial charge in [0.05, 0.1) is 22.6 Å². The molecule has 0 aliphatic carbocycles. The molecule has 132 valence electrons. The molecule has 0 spiro atoms. The summed E-state index contributed by atoms with van der Waals surface area (Å²) in [5, 5.41) is 10.2. The third-order valence-corrected chi connectivity index (χ3v) is 4.78. The average molecular weight is 354 g/mol. The van der Waals surface area contributed by atoms with Crippen molar-refractivity contribution in [2.75, 3.05) is 5.32 Å². The van der Waals surface area contributed by atoms with E-state index in [2.05, 4.69) is 53.4 Å². The van der Waals surface area contributed by atoms with Crippen molar-refractivity contribution in [3.05, 3.63) is 66.9 Å². The van der Waals surface area contributed by atoms with E-state index in [0.717, 1.165) is 38.8 Å². The van der Waals surface area contributed by atoms with Crippen molar-refractivity contribution in [3.8, 4) is 0 Å². The van der Waals surface area contributed by atoms with Crippen LogP contribution in [0.2, 0.25) is 0 Å². The molecule has 0 aliphatic rings. The summed E-state index contributed by atoms with van der Waals surface area (Å²) >= 11 is 0. The Morgan fingerprint density at radius 2 is 1.93 bits per heavy atom. The second-order valence-corrected chi connectivity index (χ2v) is 6.89. The Bertz CT molecular complexity index is 1290. The van der Waals surface area contributed by atoms with Crippen LogP contribution in [0.3, 0.4) is 0 Å². The summed E-state index contributed by atoms with van der Waals surface area (Å²) in [5.74, 6) is 1.23. The SMILES string of the molecule is CC(C)c1cccc(Nc2nc3cnccc3c3nn4cnccc4c23)c1. The van der Waals surface area contributed by atoms with Crippen LogP contribution in [0.1, 0.15) is 25.3 Å². The van der Waals surface area contributed by atoms with Gasteiger partial charge in [-0.05, 0) is 35.7 Å². The number of nitrogens with zero attached hydrogens (tertiary/aromatic N) is 5. The molecule has 0 aliphatic heterocycles. The monoisotopic (exact) mass is 354 g/mol. The molecule has 0 atom stereocenters. The number of pyridine rings is 2. The second kappa shape index (κ2) is 6.02. The molecule has 0 amide bonds. The van der Waals surface area contributed by atoms with E-state index in [1.165, 1.54) is 5.56 Å². The zero-order valence-corrected chi connectivity index (χ0v) is 15.1. The van der Waals surface area contributed by atoms with Crippen LogP contribution >= 0.6 is 0 Å². The lowest BCUT2D eigenvalue weighted by atomic mass is 10.0. The molecule has 27 heavy (non-hydrogen) atoms. The Morgan fingerprint density at radius 1 is 1.04 bits per heavy atom. The van der Waals surface area contributed by atoms with Crippen LogP contribution in [0.5, 0.6) is 0 Å². The van der Waals surface area contributed by atoms with Gasteiger partial charge in [-0.25, -0.2) is 14.5 Å². The standard InChI is InChI=1S/C21H18N6/c1-13(2)14-4-3-5-15(10-14)24-21-19-18-7-9-23-12-27(18)26-20(19)16-6-8-22-11-17(16)25-21/h3-13H,1-2H3,(H,24,25). The van der Waals surface area contributed by atoms with Crippen LogP contribution in [0.25, 0.3) is 27.3 Å². The molecule has 5 aromatic rings. The number of hydrogen-bond acceptors (Lipinski definition) is 5. The highest BCUT2D eigenvalue weighted by Crippen LogP contribution is 2.33. The number of benzene rings is 1. The minimum atomic E-state index is 0.462. The molecule has 0 saturated heterocycles. The van der Waals surface area contributed by atoms with Crippen LogP contribution in [-0.2, 0) is 0 Å². The van der Waals surface area contributed by atoms with E-state index in [0.29, 0.717) is 5.92 Å². The van der Waals surface area contributed by atoms with E-state index in [-0.39, 0.29) is 0 Å². The summed E-state index contributed by atoms with van der Waals surface area (Å²) in [6.07, 6.45) is 7.03. The first-order valence-corrected chi connectivity index (χ1v) is 8.93. The second-order valence-electron chi connectivity index (χ2n) is 6.89. The first-order chi connectivity index (χ1) is 13.2. The number of rotatable bonds is 3. The highest BCUT2D eigenvalue weighted by Gasteiger charge is 2.15. The smallest absolute Gasteiger partial charge is 0.142 e. The lowest BCUT2D eigenvalue weighted by molar-refractivity contribution is 0.867. The number of hydrogen-bond donors (Lipinski definition) is 1. The molecular formula is C21H18N6. The Morgan fingerprint density at radius 3 is 2.81 bits per heavy atom. The Hall–Kier alpha value is -3.54. The Balaban J connectivity index is 1.78. The van der Waals surface area contributed by atoms with Gasteiger partial charge in [0.15, 0.2) is 0 Å². The van der Waals surface area contributed by atoms with Crippen LogP contribution in [0.15, 0.2) is 61.3 Å². The van der Waals surface area contributed by atoms with Gasteiger partial charge in [0, 0.05) is 23.5 Å². The van der Waals surface area contributed by atoms with E-state index < -0.39 is 0 Å². The third-order valence-electron chi connectivity index (χ3n) is 4.78. The number of nitrogens with one attached hydrogen (secondary N) is 1. The molecular weight excluding hydrogens is 336 g/mol. The summed E-state index contributed by atoms with van der Waals surface area (Å²) in [4.78, 5) is 13.3. The lowest BCUT2D eigenvalue weighted by Gasteiger charge is -2.11. The van der Waals surface area contributed by atoms with E-state index in [1.807, 2.05) is 12.1 Å². The zero-order valence-electron chi connectivity index (χ0n) is 15.1. The number of anilines is 2. The predicted molar refractivity (Wildman–Crippen MR) is 107 cm³/mol. The molecule has 6 nitrogen and oxygen atoms in total. The van der Waals surface area contributed by atoms with Crippen molar-refractivity contribution in [2.45, 2.75) is 19.8 Å². The van der Waals surface area contributed by atoms with Crippen molar-refractivity contribution < 1.29 is 0 Å². The minimum Gasteiger partial charge on any atom is -0.340 e. The van der Waals surface area contributed by atoms with Crippen molar-refractivity contribution in [2.24, 2.45) is 0 Å². The van der Waals surface area contributed by atoms with Gasteiger partial charge in [0.1, 0.15) is 17.7 Å². The highest BCUT2D eigenvalue weighted by atomic mass is 15.2. The van der Waals surface area contributed by atoms with Gasteiger partial charge in [-0.3, -0.25) is 4.98 Å². The summed E-state index contributed by atoms with van der Waals surface area (Å²) in [7, 11) is 0. The van der Waals surface area contributed by atoms with Gasteiger partial charge in [0.2, 0.25) is 0 Å². The molecule has 5 rings (SSSR count). The predicted octanol–water partition coefficient (Wildman–Crippen LogP) is 4.69. The van der Waals surface area contributed by atoms with Crippen LogP contribution in [0.4, 0.5) is 11.5 Å². The maximum atomic E-state index is 4.85. The summed E-state index contributed by atoms with van der Waals surface area (Å²) in [6, 6.07) is 12.3. The van der Waals surface area contributed by atoms with Crippen molar-refractivity contribution in [3.63, 3.8) is 0 Å². The number of aromatic nitrogens is 5. The first kappa shape index (κ1) is 15.7. The molecule has 4 heterocycles. The molecule has 0 radical (unpaired) electrons. The fraction of sp³-hybridized carbons (Fsp3) is 0.143. The highest BCUT2D eigenvalue weighted by molar-refractivity contribution is 6.14. The molecule has 0 saturated carbocycles. The minimum absolute atomic E-state index is 0.462. The lowest BCUT2D eigenvalue weighted by Crippen LogP contribution is -1.97. The third kappa shape index (κ3) is 2.57. The summed E-state index contributed by atoms with van der Waals surface area (Å²) in [6.45, 7) is 4.38. The van der Waals surface area contributed by atoms with Crippen molar-refractivity contribution in [1.29, 1.82) is 0 Å². The molecule has 0 fully saturated rings. The molecule has 1 aromatic carbocycles. The summed E-state index contributed by atoms with van der Waals surface area (Å²) < 4.78 is 1.79. The average Bonchev–Trinajstić information content (AvgIpc) is 3.08. The fourth-order valence-electron chi connectivity index (χ4n) is 3.39. The first-order valence-electron chi connectivity index (χ1n) is 8.93.